The molecule has 22 heavy (non-hydrogen) atoms. The second-order valence-corrected chi connectivity index (χ2v) is 6.76. The quantitative estimate of drug-likeness (QED) is 0.828. The molecule has 3 rings (SSSR count). The number of hydrogen-bond acceptors (Lipinski definition) is 2. The van der Waals surface area contributed by atoms with Crippen LogP contribution in [-0.2, 0) is 0 Å². The molecule has 0 radical (unpaired) electrons. The Morgan fingerprint density at radius 2 is 1.95 bits per heavy atom. The van der Waals surface area contributed by atoms with Crippen molar-refractivity contribution in [1.82, 2.24) is 4.90 Å². The Morgan fingerprint density at radius 3 is 2.77 bits per heavy atom. The van der Waals surface area contributed by atoms with Gasteiger partial charge in [-0.1, -0.05) is 42.8 Å². The van der Waals surface area contributed by atoms with Gasteiger partial charge in [-0.15, -0.1) is 11.6 Å². The molecule has 1 N–H and O–H groups in total. The Hall–Kier alpha value is -1.09. The molecule has 2 aromatic rings. The van der Waals surface area contributed by atoms with Gasteiger partial charge in [0, 0.05) is 19.2 Å². The molecule has 0 amide bonds. The van der Waals surface area contributed by atoms with E-state index in [4.69, 9.17) is 11.6 Å². The number of aliphatic hydroxyl groups is 1. The van der Waals surface area contributed by atoms with Crippen molar-refractivity contribution in [2.45, 2.75) is 37.1 Å². The molecule has 0 aromatic heterocycles. The fourth-order valence-corrected chi connectivity index (χ4v) is 3.80. The third-order valence-corrected chi connectivity index (χ3v) is 5.13. The predicted octanol–water partition coefficient (Wildman–Crippen LogP) is 4.36. The van der Waals surface area contributed by atoms with E-state index in [2.05, 4.69) is 47.4 Å². The van der Waals surface area contributed by atoms with Crippen LogP contribution >= 0.6 is 11.6 Å². The second kappa shape index (κ2) is 7.45. The highest BCUT2D eigenvalue weighted by molar-refractivity contribution is 6.21. The molecular weight excluding hydrogens is 294 g/mol. The van der Waals surface area contributed by atoms with Crippen LogP contribution in [0.15, 0.2) is 42.5 Å². The van der Waals surface area contributed by atoms with Crippen molar-refractivity contribution < 1.29 is 5.11 Å². The lowest BCUT2D eigenvalue weighted by molar-refractivity contribution is 0.119. The van der Waals surface area contributed by atoms with Crippen LogP contribution in [0.1, 0.15) is 36.6 Å². The summed E-state index contributed by atoms with van der Waals surface area (Å²) in [5.41, 5.74) is 1.19. The summed E-state index contributed by atoms with van der Waals surface area (Å²) in [6.45, 7) is 2.23. The van der Waals surface area contributed by atoms with Gasteiger partial charge in [0.1, 0.15) is 0 Å². The molecule has 0 spiro atoms. The first kappa shape index (κ1) is 15.8. The third kappa shape index (κ3) is 3.62. The molecule has 2 nitrogen and oxygen atoms in total. The first-order valence-electron chi connectivity index (χ1n) is 8.25. The first-order valence-corrected chi connectivity index (χ1v) is 8.69. The van der Waals surface area contributed by atoms with E-state index in [1.54, 1.807) is 0 Å². The van der Waals surface area contributed by atoms with Gasteiger partial charge in [0.2, 0.25) is 0 Å². The van der Waals surface area contributed by atoms with Crippen molar-refractivity contribution in [2.75, 3.05) is 19.7 Å². The van der Waals surface area contributed by atoms with Gasteiger partial charge < -0.3 is 5.11 Å². The summed E-state index contributed by atoms with van der Waals surface area (Å²) in [6.07, 6.45) is 4.55. The van der Waals surface area contributed by atoms with E-state index in [0.717, 1.165) is 19.5 Å². The van der Waals surface area contributed by atoms with Crippen molar-refractivity contribution in [3.63, 3.8) is 0 Å². The normalized spacial score (nSPS) is 21.1. The molecule has 2 aromatic carbocycles. The smallest absolute Gasteiger partial charge is 0.0712 e. The van der Waals surface area contributed by atoms with E-state index in [1.807, 2.05) is 0 Å². The fraction of sp³-hybridized carbons (Fsp3) is 0.474. The molecule has 0 aliphatic carbocycles. The molecule has 1 saturated heterocycles. The van der Waals surface area contributed by atoms with Gasteiger partial charge in [-0.25, -0.2) is 0 Å². The monoisotopic (exact) mass is 317 g/mol. The predicted molar refractivity (Wildman–Crippen MR) is 93.5 cm³/mol. The summed E-state index contributed by atoms with van der Waals surface area (Å²) in [5.74, 6) is 0. The van der Waals surface area contributed by atoms with Crippen molar-refractivity contribution in [3.8, 4) is 0 Å². The zero-order valence-corrected chi connectivity index (χ0v) is 13.7. The van der Waals surface area contributed by atoms with Crippen molar-refractivity contribution >= 4 is 22.4 Å². The lowest BCUT2D eigenvalue weighted by atomic mass is 9.98. The Balaban J connectivity index is 1.72. The van der Waals surface area contributed by atoms with Crippen LogP contribution in [0.5, 0.6) is 0 Å². The number of nitrogens with zero attached hydrogens (tertiary/aromatic N) is 1. The Labute approximate surface area is 137 Å². The SMILES string of the molecule is OCCC1CCCCN1CC(Cl)c1ccc2ccccc2c1. The number of benzene rings is 2. The minimum absolute atomic E-state index is 0.00361. The molecule has 0 saturated carbocycles. The van der Waals surface area contributed by atoms with Crippen LogP contribution in [0.2, 0.25) is 0 Å². The number of rotatable bonds is 5. The van der Waals surface area contributed by atoms with Gasteiger partial charge in [-0.2, -0.15) is 0 Å². The maximum atomic E-state index is 9.25. The number of hydrogen-bond donors (Lipinski definition) is 1. The van der Waals surface area contributed by atoms with Crippen molar-refractivity contribution in [3.05, 3.63) is 48.0 Å². The summed E-state index contributed by atoms with van der Waals surface area (Å²) in [5, 5.41) is 11.8. The van der Waals surface area contributed by atoms with Gasteiger partial charge in [0.25, 0.3) is 0 Å². The second-order valence-electron chi connectivity index (χ2n) is 6.23. The summed E-state index contributed by atoms with van der Waals surface area (Å²) in [6, 6.07) is 15.4. The highest BCUT2D eigenvalue weighted by Crippen LogP contribution is 2.28. The van der Waals surface area contributed by atoms with E-state index < -0.39 is 0 Å². The average Bonchev–Trinajstić information content (AvgIpc) is 2.56. The zero-order valence-electron chi connectivity index (χ0n) is 12.9. The van der Waals surface area contributed by atoms with Gasteiger partial charge in [0.15, 0.2) is 0 Å². The number of alkyl halides is 1. The van der Waals surface area contributed by atoms with Crippen LogP contribution in [0.4, 0.5) is 0 Å². The van der Waals surface area contributed by atoms with Gasteiger partial charge in [-0.3, -0.25) is 4.90 Å². The number of piperidine rings is 1. The highest BCUT2D eigenvalue weighted by atomic mass is 35.5. The molecule has 0 bridgehead atoms. The van der Waals surface area contributed by atoms with Crippen LogP contribution < -0.4 is 0 Å². The molecule has 118 valence electrons. The number of likely N-dealkylation sites (tertiary alicyclic amines) is 1. The third-order valence-electron chi connectivity index (χ3n) is 4.74. The van der Waals surface area contributed by atoms with Gasteiger partial charge in [0.05, 0.1) is 5.38 Å². The van der Waals surface area contributed by atoms with E-state index in [1.165, 1.54) is 35.6 Å². The minimum atomic E-state index is 0.00361. The zero-order chi connectivity index (χ0) is 15.4. The number of fused-ring (bicyclic) bond motifs is 1. The molecule has 1 aliphatic heterocycles. The van der Waals surface area contributed by atoms with Gasteiger partial charge in [-0.05, 0) is 48.2 Å². The van der Waals surface area contributed by atoms with Crippen molar-refractivity contribution in [1.29, 1.82) is 0 Å². The molecule has 1 fully saturated rings. The van der Waals surface area contributed by atoms with Crippen LogP contribution in [0.3, 0.4) is 0 Å². The van der Waals surface area contributed by atoms with Crippen molar-refractivity contribution in [2.24, 2.45) is 0 Å². The summed E-state index contributed by atoms with van der Waals surface area (Å²) in [7, 11) is 0. The van der Waals surface area contributed by atoms with E-state index in [9.17, 15) is 5.11 Å². The van der Waals surface area contributed by atoms with E-state index in [-0.39, 0.29) is 12.0 Å². The minimum Gasteiger partial charge on any atom is -0.396 e. The summed E-state index contributed by atoms with van der Waals surface area (Å²) < 4.78 is 0. The van der Waals surface area contributed by atoms with Gasteiger partial charge >= 0.3 is 0 Å². The molecule has 1 heterocycles. The molecular formula is C19H24ClNO. The average molecular weight is 318 g/mol. The van der Waals surface area contributed by atoms with Crippen LogP contribution in [0.25, 0.3) is 10.8 Å². The first-order chi connectivity index (χ1) is 10.8. The van der Waals surface area contributed by atoms with Crippen LogP contribution in [0, 0.1) is 0 Å². The Morgan fingerprint density at radius 1 is 1.14 bits per heavy atom. The highest BCUT2D eigenvalue weighted by Gasteiger charge is 2.24. The van der Waals surface area contributed by atoms with E-state index in [0.29, 0.717) is 6.04 Å². The molecule has 2 atom stereocenters. The lowest BCUT2D eigenvalue weighted by Crippen LogP contribution is -2.41. The summed E-state index contributed by atoms with van der Waals surface area (Å²) >= 11 is 6.70. The molecule has 2 unspecified atom stereocenters. The largest absolute Gasteiger partial charge is 0.396 e. The van der Waals surface area contributed by atoms with Crippen LogP contribution in [-0.4, -0.2) is 35.7 Å². The maximum absolute atomic E-state index is 9.25. The fourth-order valence-electron chi connectivity index (χ4n) is 3.49. The number of halogens is 1. The maximum Gasteiger partial charge on any atom is 0.0712 e. The molecule has 3 heteroatoms. The lowest BCUT2D eigenvalue weighted by Gasteiger charge is -2.36. The summed E-state index contributed by atoms with van der Waals surface area (Å²) in [4.78, 5) is 2.46. The topological polar surface area (TPSA) is 23.5 Å². The van der Waals surface area contributed by atoms with E-state index >= 15 is 0 Å². The standard InChI is InChI=1S/C19H24ClNO/c20-19(14-21-11-4-3-7-18(21)10-12-22)17-9-8-15-5-1-2-6-16(15)13-17/h1-2,5-6,8-9,13,18-19,22H,3-4,7,10-12,14H2. The number of aliphatic hydroxyl groups excluding tert-OH is 1. The Bertz CT molecular complexity index is 613. The molecule has 1 aliphatic rings. The Kier molecular flexibility index (Phi) is 5.35.